The highest BCUT2D eigenvalue weighted by atomic mass is 35.5. The summed E-state index contributed by atoms with van der Waals surface area (Å²) in [4.78, 5) is 0. The molecule has 0 aliphatic heterocycles. The second kappa shape index (κ2) is 6.20. The van der Waals surface area contributed by atoms with Crippen LogP contribution in [-0.4, -0.2) is 24.2 Å². The minimum absolute atomic E-state index is 0.0387. The molecule has 94 valence electrons. The Bertz CT molecular complexity index is 410. The summed E-state index contributed by atoms with van der Waals surface area (Å²) in [6, 6.07) is 5.43. The van der Waals surface area contributed by atoms with Gasteiger partial charge in [0.25, 0.3) is 0 Å². The summed E-state index contributed by atoms with van der Waals surface area (Å²) in [6.45, 7) is 1.93. The van der Waals surface area contributed by atoms with Crippen LogP contribution in [0.1, 0.15) is 13.3 Å². The lowest BCUT2D eigenvalue weighted by atomic mass is 10.2. The van der Waals surface area contributed by atoms with Crippen LogP contribution in [0.3, 0.4) is 0 Å². The molecule has 1 aromatic carbocycles. The summed E-state index contributed by atoms with van der Waals surface area (Å²) in [5.74, 6) is 0.790. The van der Waals surface area contributed by atoms with Crippen molar-refractivity contribution in [2.75, 3.05) is 12.4 Å². The van der Waals surface area contributed by atoms with Gasteiger partial charge < -0.3 is 21.0 Å². The van der Waals surface area contributed by atoms with Crippen molar-refractivity contribution < 1.29 is 9.94 Å². The minimum Gasteiger partial charge on any atom is -0.495 e. The van der Waals surface area contributed by atoms with Crippen LogP contribution in [0, 0.1) is 0 Å². The fourth-order valence-corrected chi connectivity index (χ4v) is 1.63. The van der Waals surface area contributed by atoms with Gasteiger partial charge in [0.2, 0.25) is 0 Å². The molecule has 0 spiro atoms. The van der Waals surface area contributed by atoms with Gasteiger partial charge >= 0.3 is 0 Å². The molecule has 0 radical (unpaired) electrons. The van der Waals surface area contributed by atoms with Crippen molar-refractivity contribution in [2.24, 2.45) is 10.9 Å². The van der Waals surface area contributed by atoms with E-state index >= 15 is 0 Å². The first-order chi connectivity index (χ1) is 8.06. The zero-order chi connectivity index (χ0) is 12.8. The number of hydrogen-bond acceptors (Lipinski definition) is 4. The molecule has 4 N–H and O–H groups in total. The summed E-state index contributed by atoms with van der Waals surface area (Å²) < 4.78 is 5.11. The maximum atomic E-state index is 8.47. The quantitative estimate of drug-likeness (QED) is 0.327. The lowest BCUT2D eigenvalue weighted by Crippen LogP contribution is -2.24. The molecule has 0 fully saturated rings. The SMILES string of the molecule is COc1cc(NC(C)C/C(N)=N/O)ccc1Cl. The van der Waals surface area contributed by atoms with Crippen LogP contribution in [0.25, 0.3) is 0 Å². The number of rotatable bonds is 5. The second-order valence-electron chi connectivity index (χ2n) is 3.69. The van der Waals surface area contributed by atoms with Gasteiger partial charge in [-0.25, -0.2) is 0 Å². The van der Waals surface area contributed by atoms with Crippen LogP contribution in [0.15, 0.2) is 23.4 Å². The topological polar surface area (TPSA) is 79.9 Å². The average Bonchev–Trinajstić information content (AvgIpc) is 2.31. The van der Waals surface area contributed by atoms with Gasteiger partial charge in [0, 0.05) is 24.2 Å². The first-order valence-corrected chi connectivity index (χ1v) is 5.51. The van der Waals surface area contributed by atoms with Gasteiger partial charge in [-0.2, -0.15) is 0 Å². The molecule has 6 heteroatoms. The highest BCUT2D eigenvalue weighted by molar-refractivity contribution is 6.32. The van der Waals surface area contributed by atoms with Crippen molar-refractivity contribution in [3.63, 3.8) is 0 Å². The highest BCUT2D eigenvalue weighted by Gasteiger charge is 2.07. The van der Waals surface area contributed by atoms with Crippen molar-refractivity contribution in [2.45, 2.75) is 19.4 Å². The van der Waals surface area contributed by atoms with Gasteiger partial charge in [0.15, 0.2) is 0 Å². The number of amidine groups is 1. The van der Waals surface area contributed by atoms with E-state index in [2.05, 4.69) is 10.5 Å². The van der Waals surface area contributed by atoms with Gasteiger partial charge in [0.05, 0.1) is 12.1 Å². The Morgan fingerprint density at radius 1 is 1.65 bits per heavy atom. The van der Waals surface area contributed by atoms with E-state index in [-0.39, 0.29) is 11.9 Å². The molecule has 0 saturated heterocycles. The summed E-state index contributed by atoms with van der Waals surface area (Å²) in [5, 5.41) is 15.1. The van der Waals surface area contributed by atoms with E-state index in [4.69, 9.17) is 27.3 Å². The molecule has 0 aliphatic carbocycles. The molecule has 1 aromatic rings. The largest absolute Gasteiger partial charge is 0.495 e. The van der Waals surface area contributed by atoms with E-state index in [1.54, 1.807) is 19.2 Å². The molecule has 1 atom stereocenters. The molecule has 0 aliphatic rings. The Kier molecular flexibility index (Phi) is 4.90. The Hall–Kier alpha value is -1.62. The number of nitrogens with two attached hydrogens (primary N) is 1. The van der Waals surface area contributed by atoms with Gasteiger partial charge in [-0.05, 0) is 19.1 Å². The molecular weight excluding hydrogens is 242 g/mol. The van der Waals surface area contributed by atoms with Gasteiger partial charge in [0.1, 0.15) is 11.6 Å². The monoisotopic (exact) mass is 257 g/mol. The Balaban J connectivity index is 2.68. The molecule has 1 rings (SSSR count). The lowest BCUT2D eigenvalue weighted by Gasteiger charge is -2.15. The lowest BCUT2D eigenvalue weighted by molar-refractivity contribution is 0.316. The van der Waals surface area contributed by atoms with Crippen LogP contribution >= 0.6 is 11.6 Å². The third-order valence-corrected chi connectivity index (χ3v) is 2.52. The highest BCUT2D eigenvalue weighted by Crippen LogP contribution is 2.27. The van der Waals surface area contributed by atoms with Crippen molar-refractivity contribution in [3.05, 3.63) is 23.2 Å². The number of nitrogens with zero attached hydrogens (tertiary/aromatic N) is 1. The van der Waals surface area contributed by atoms with Crippen molar-refractivity contribution in [1.82, 2.24) is 0 Å². The molecule has 1 unspecified atom stereocenters. The fraction of sp³-hybridized carbons (Fsp3) is 0.364. The Morgan fingerprint density at radius 3 is 2.94 bits per heavy atom. The first-order valence-electron chi connectivity index (χ1n) is 5.13. The van der Waals surface area contributed by atoms with E-state index in [1.807, 2.05) is 13.0 Å². The van der Waals surface area contributed by atoms with Crippen LogP contribution in [0.5, 0.6) is 5.75 Å². The number of halogens is 1. The van der Waals surface area contributed by atoms with E-state index in [0.29, 0.717) is 17.2 Å². The molecule has 0 bridgehead atoms. The first kappa shape index (κ1) is 13.4. The summed E-state index contributed by atoms with van der Waals surface area (Å²) in [5.41, 5.74) is 6.29. The smallest absolute Gasteiger partial charge is 0.141 e. The molecule has 0 aromatic heterocycles. The number of nitrogens with one attached hydrogen (secondary N) is 1. The Labute approximate surface area is 105 Å². The van der Waals surface area contributed by atoms with Gasteiger partial charge in [-0.3, -0.25) is 0 Å². The Morgan fingerprint density at radius 2 is 2.35 bits per heavy atom. The van der Waals surface area contributed by atoms with Gasteiger partial charge in [-0.1, -0.05) is 16.8 Å². The molecule has 17 heavy (non-hydrogen) atoms. The van der Waals surface area contributed by atoms with E-state index in [9.17, 15) is 0 Å². The van der Waals surface area contributed by atoms with Crippen molar-refractivity contribution in [1.29, 1.82) is 0 Å². The number of ether oxygens (including phenoxy) is 1. The van der Waals surface area contributed by atoms with Gasteiger partial charge in [-0.15, -0.1) is 0 Å². The van der Waals surface area contributed by atoms with E-state index in [1.165, 1.54) is 0 Å². The van der Waals surface area contributed by atoms with Crippen LogP contribution in [-0.2, 0) is 0 Å². The normalized spacial score (nSPS) is 13.2. The molecule has 5 nitrogen and oxygen atoms in total. The number of methoxy groups -OCH3 is 1. The number of benzene rings is 1. The summed E-state index contributed by atoms with van der Waals surface area (Å²) in [6.07, 6.45) is 0.446. The maximum Gasteiger partial charge on any atom is 0.141 e. The third-order valence-electron chi connectivity index (χ3n) is 2.21. The predicted octanol–water partition coefficient (Wildman–Crippen LogP) is 2.29. The van der Waals surface area contributed by atoms with Crippen LogP contribution < -0.4 is 15.8 Å². The third kappa shape index (κ3) is 4.03. The molecule has 0 heterocycles. The van der Waals surface area contributed by atoms with E-state index < -0.39 is 0 Å². The maximum absolute atomic E-state index is 8.47. The van der Waals surface area contributed by atoms with Crippen molar-refractivity contribution >= 4 is 23.1 Å². The summed E-state index contributed by atoms with van der Waals surface area (Å²) >= 11 is 5.91. The number of hydrogen-bond donors (Lipinski definition) is 3. The average molecular weight is 258 g/mol. The minimum atomic E-state index is 0.0387. The second-order valence-corrected chi connectivity index (χ2v) is 4.10. The zero-order valence-electron chi connectivity index (χ0n) is 9.77. The molecular formula is C11H16ClN3O2. The summed E-state index contributed by atoms with van der Waals surface area (Å²) in [7, 11) is 1.56. The molecule has 0 saturated carbocycles. The van der Waals surface area contributed by atoms with Crippen molar-refractivity contribution in [3.8, 4) is 5.75 Å². The fourth-order valence-electron chi connectivity index (χ4n) is 1.44. The predicted molar refractivity (Wildman–Crippen MR) is 69.1 cm³/mol. The molecule has 0 amide bonds. The number of anilines is 1. The van der Waals surface area contributed by atoms with E-state index in [0.717, 1.165) is 5.69 Å². The zero-order valence-corrected chi connectivity index (χ0v) is 10.5. The van der Waals surface area contributed by atoms with Crippen LogP contribution in [0.4, 0.5) is 5.69 Å². The standard InChI is InChI=1S/C11H16ClN3O2/c1-7(5-11(13)15-16)14-8-3-4-9(12)10(6-8)17-2/h3-4,6-7,14,16H,5H2,1-2H3,(H2,13,15). The van der Waals surface area contributed by atoms with Crippen LogP contribution in [0.2, 0.25) is 5.02 Å². The number of oxime groups is 1.